The molecular formula is C17H16Cl2N2O2. The van der Waals surface area contributed by atoms with Crippen LogP contribution < -0.4 is 0 Å². The second kappa shape index (κ2) is 7.20. The van der Waals surface area contributed by atoms with E-state index in [2.05, 4.69) is 4.98 Å². The Bertz CT molecular complexity index is 709. The lowest BCUT2D eigenvalue weighted by Gasteiger charge is -2.19. The van der Waals surface area contributed by atoms with Crippen molar-refractivity contribution in [3.8, 4) is 0 Å². The van der Waals surface area contributed by atoms with Gasteiger partial charge in [0.05, 0.1) is 12.9 Å². The van der Waals surface area contributed by atoms with E-state index in [1.165, 1.54) is 6.08 Å². The predicted molar refractivity (Wildman–Crippen MR) is 89.4 cm³/mol. The van der Waals surface area contributed by atoms with Gasteiger partial charge in [-0.15, -0.1) is 0 Å². The highest BCUT2D eigenvalue weighted by Crippen LogP contribution is 2.31. The van der Waals surface area contributed by atoms with E-state index in [0.29, 0.717) is 22.5 Å². The van der Waals surface area contributed by atoms with Crippen LogP contribution in [0.25, 0.3) is 0 Å². The van der Waals surface area contributed by atoms with Crippen LogP contribution in [0.15, 0.2) is 49.1 Å². The Kier molecular flexibility index (Phi) is 5.03. The van der Waals surface area contributed by atoms with Crippen molar-refractivity contribution in [3.63, 3.8) is 0 Å². The van der Waals surface area contributed by atoms with Crippen molar-refractivity contribution in [3.05, 3.63) is 64.7 Å². The third-order valence-electron chi connectivity index (χ3n) is 3.63. The summed E-state index contributed by atoms with van der Waals surface area (Å²) in [5, 5.41) is 1.02. The molecule has 0 amide bonds. The highest BCUT2D eigenvalue weighted by atomic mass is 35.5. The Morgan fingerprint density at radius 3 is 2.91 bits per heavy atom. The zero-order valence-corrected chi connectivity index (χ0v) is 13.9. The number of aromatic nitrogens is 2. The van der Waals surface area contributed by atoms with Crippen molar-refractivity contribution < 1.29 is 9.53 Å². The molecule has 0 N–H and O–H groups in total. The monoisotopic (exact) mass is 350 g/mol. The summed E-state index contributed by atoms with van der Waals surface area (Å²) in [6, 6.07) is 5.16. The van der Waals surface area contributed by atoms with E-state index in [4.69, 9.17) is 27.9 Å². The van der Waals surface area contributed by atoms with E-state index in [9.17, 15) is 4.79 Å². The van der Waals surface area contributed by atoms with Crippen LogP contribution in [0, 0.1) is 5.92 Å². The summed E-state index contributed by atoms with van der Waals surface area (Å²) in [6.07, 6.45) is 10.3. The predicted octanol–water partition coefficient (Wildman–Crippen LogP) is 4.44. The zero-order chi connectivity index (χ0) is 16.2. The lowest BCUT2D eigenvalue weighted by molar-refractivity contribution is -0.144. The highest BCUT2D eigenvalue weighted by Gasteiger charge is 2.21. The summed E-state index contributed by atoms with van der Waals surface area (Å²) < 4.78 is 7.45. The van der Waals surface area contributed by atoms with Crippen LogP contribution in [-0.4, -0.2) is 15.5 Å². The van der Waals surface area contributed by atoms with Crippen molar-refractivity contribution in [2.75, 3.05) is 0 Å². The number of imidazole rings is 1. The molecule has 0 saturated heterocycles. The molecule has 1 unspecified atom stereocenters. The van der Waals surface area contributed by atoms with Gasteiger partial charge in [-0.3, -0.25) is 0 Å². The third kappa shape index (κ3) is 4.60. The van der Waals surface area contributed by atoms with Crippen LogP contribution in [-0.2, 0) is 16.1 Å². The molecule has 1 aliphatic rings. The molecule has 0 radical (unpaired) electrons. The second-order valence-electron chi connectivity index (χ2n) is 5.55. The number of hydrogen-bond acceptors (Lipinski definition) is 3. The summed E-state index contributed by atoms with van der Waals surface area (Å²) >= 11 is 12.2. The average molecular weight is 351 g/mol. The first kappa shape index (κ1) is 16.1. The van der Waals surface area contributed by atoms with E-state index in [1.807, 2.05) is 16.8 Å². The lowest BCUT2D eigenvalue weighted by Crippen LogP contribution is -2.15. The van der Waals surface area contributed by atoms with E-state index in [-0.39, 0.29) is 5.97 Å². The highest BCUT2D eigenvalue weighted by molar-refractivity contribution is 6.35. The molecule has 0 bridgehead atoms. The molecule has 1 heterocycles. The van der Waals surface area contributed by atoms with Crippen LogP contribution in [0.5, 0.6) is 0 Å². The maximum atomic E-state index is 12.1. The number of carbonyl (C=O) groups is 1. The van der Waals surface area contributed by atoms with Gasteiger partial charge < -0.3 is 9.30 Å². The number of ether oxygens (including phenoxy) is 1. The number of carbonyl (C=O) groups excluding carboxylic acids is 1. The van der Waals surface area contributed by atoms with Crippen molar-refractivity contribution >= 4 is 29.2 Å². The molecule has 1 aliphatic carbocycles. The molecule has 1 fully saturated rings. The van der Waals surface area contributed by atoms with Gasteiger partial charge in [0, 0.05) is 34.1 Å². The van der Waals surface area contributed by atoms with Gasteiger partial charge in [0.1, 0.15) is 6.10 Å². The number of rotatable bonds is 6. The molecule has 23 heavy (non-hydrogen) atoms. The molecule has 0 aliphatic heterocycles. The Morgan fingerprint density at radius 1 is 1.43 bits per heavy atom. The largest absolute Gasteiger partial charge is 0.452 e. The van der Waals surface area contributed by atoms with Crippen molar-refractivity contribution in [1.29, 1.82) is 0 Å². The summed E-state index contributed by atoms with van der Waals surface area (Å²) in [7, 11) is 0. The topological polar surface area (TPSA) is 44.1 Å². The SMILES string of the molecule is O=C(/C=C/C1CC1)OC(Cn1ccnc1)c1ccc(Cl)cc1Cl. The van der Waals surface area contributed by atoms with Crippen molar-refractivity contribution in [1.82, 2.24) is 9.55 Å². The Morgan fingerprint density at radius 2 is 2.26 bits per heavy atom. The molecule has 1 aromatic carbocycles. The Labute approximate surface area is 144 Å². The minimum Gasteiger partial charge on any atom is -0.452 e. The van der Waals surface area contributed by atoms with Crippen LogP contribution in [0.4, 0.5) is 0 Å². The molecule has 1 atom stereocenters. The van der Waals surface area contributed by atoms with Crippen LogP contribution in [0.3, 0.4) is 0 Å². The van der Waals surface area contributed by atoms with Crippen LogP contribution in [0.2, 0.25) is 10.0 Å². The number of esters is 1. The Balaban J connectivity index is 1.78. The van der Waals surface area contributed by atoms with E-state index < -0.39 is 6.10 Å². The fourth-order valence-corrected chi connectivity index (χ4v) is 2.76. The first-order chi connectivity index (χ1) is 11.1. The molecule has 6 heteroatoms. The zero-order valence-electron chi connectivity index (χ0n) is 12.4. The minimum absolute atomic E-state index is 0.368. The van der Waals surface area contributed by atoms with Crippen molar-refractivity contribution in [2.24, 2.45) is 5.92 Å². The van der Waals surface area contributed by atoms with Gasteiger partial charge in [0.25, 0.3) is 0 Å². The van der Waals surface area contributed by atoms with Crippen LogP contribution >= 0.6 is 23.2 Å². The quantitative estimate of drug-likeness (QED) is 0.571. The Hall–Kier alpha value is -1.78. The van der Waals surface area contributed by atoms with E-state index >= 15 is 0 Å². The molecule has 1 saturated carbocycles. The van der Waals surface area contributed by atoms with Gasteiger partial charge in [-0.25, -0.2) is 9.78 Å². The van der Waals surface area contributed by atoms with Gasteiger partial charge >= 0.3 is 5.97 Å². The molecular weight excluding hydrogens is 335 g/mol. The van der Waals surface area contributed by atoms with Gasteiger partial charge in [-0.05, 0) is 30.9 Å². The smallest absolute Gasteiger partial charge is 0.331 e. The maximum Gasteiger partial charge on any atom is 0.331 e. The van der Waals surface area contributed by atoms with Crippen molar-refractivity contribution in [2.45, 2.75) is 25.5 Å². The minimum atomic E-state index is -0.509. The van der Waals surface area contributed by atoms with Gasteiger partial charge in [-0.1, -0.05) is 35.3 Å². The first-order valence-electron chi connectivity index (χ1n) is 7.41. The normalized spacial score (nSPS) is 15.7. The van der Waals surface area contributed by atoms with Crippen LogP contribution in [0.1, 0.15) is 24.5 Å². The van der Waals surface area contributed by atoms with Gasteiger partial charge in [-0.2, -0.15) is 0 Å². The standard InChI is InChI=1S/C17H16Cl2N2O2/c18-13-4-5-14(15(19)9-13)16(10-21-8-7-20-11-21)23-17(22)6-3-12-1-2-12/h3-9,11-12,16H,1-2,10H2/b6-3+. The van der Waals surface area contributed by atoms with Gasteiger partial charge in [0.2, 0.25) is 0 Å². The number of nitrogens with zero attached hydrogens (tertiary/aromatic N) is 2. The first-order valence-corrected chi connectivity index (χ1v) is 8.17. The fraction of sp³-hybridized carbons (Fsp3) is 0.294. The molecule has 2 aromatic rings. The molecule has 4 nitrogen and oxygen atoms in total. The number of benzene rings is 1. The molecule has 3 rings (SSSR count). The van der Waals surface area contributed by atoms with E-state index in [0.717, 1.165) is 18.4 Å². The third-order valence-corrected chi connectivity index (χ3v) is 4.19. The second-order valence-corrected chi connectivity index (χ2v) is 6.39. The molecule has 0 spiro atoms. The molecule has 1 aromatic heterocycles. The number of halogens is 2. The molecule has 120 valence electrons. The summed E-state index contributed by atoms with van der Waals surface area (Å²) in [6.45, 7) is 0.435. The maximum absolute atomic E-state index is 12.1. The lowest BCUT2D eigenvalue weighted by atomic mass is 10.1. The average Bonchev–Trinajstić information content (AvgIpc) is 3.20. The number of allylic oxidation sites excluding steroid dienone is 1. The van der Waals surface area contributed by atoms with Gasteiger partial charge in [0.15, 0.2) is 0 Å². The summed E-state index contributed by atoms with van der Waals surface area (Å²) in [5.41, 5.74) is 0.720. The summed E-state index contributed by atoms with van der Waals surface area (Å²) in [4.78, 5) is 16.1. The fourth-order valence-electron chi connectivity index (χ4n) is 2.23. The summed E-state index contributed by atoms with van der Waals surface area (Å²) in [5.74, 6) is 0.154. The van der Waals surface area contributed by atoms with E-state index in [1.54, 1.807) is 30.7 Å². The number of hydrogen-bond donors (Lipinski definition) is 0.